The summed E-state index contributed by atoms with van der Waals surface area (Å²) in [7, 11) is 9.75. The van der Waals surface area contributed by atoms with Crippen molar-refractivity contribution in [3.63, 3.8) is 0 Å². The molecule has 0 atom stereocenters. The third kappa shape index (κ3) is 15.2. The molecule has 0 aliphatic carbocycles. The molecule has 0 unspecified atom stereocenters. The van der Waals surface area contributed by atoms with Gasteiger partial charge in [0.15, 0.2) is 11.5 Å². The Kier molecular flexibility index (Phi) is 22.2. The van der Waals surface area contributed by atoms with Gasteiger partial charge in [-0.25, -0.2) is 28.8 Å². The van der Waals surface area contributed by atoms with Crippen LogP contribution in [-0.2, 0) is 69.4 Å². The summed E-state index contributed by atoms with van der Waals surface area (Å²) in [5.41, 5.74) is 3.43. The summed E-state index contributed by atoms with van der Waals surface area (Å²) in [5.74, 6) is -2.65. The number of nitriles is 3. The zero-order valence-electron chi connectivity index (χ0n) is 38.3. The third-order valence-electron chi connectivity index (χ3n) is 10.3. The van der Waals surface area contributed by atoms with E-state index in [1.807, 2.05) is 94.4 Å². The predicted molar refractivity (Wildman–Crippen MR) is 252 cm³/mol. The number of rotatable bonds is 8. The summed E-state index contributed by atoms with van der Waals surface area (Å²) in [6.45, 7) is 7.77. The molecular formula is C51H35Cl2F4N13Pt3. The van der Waals surface area contributed by atoms with E-state index < -0.39 is 51.1 Å². The third-order valence-corrected chi connectivity index (χ3v) is 10.3. The van der Waals surface area contributed by atoms with Crippen molar-refractivity contribution in [3.05, 3.63) is 215 Å². The zero-order chi connectivity index (χ0) is 51.1. The van der Waals surface area contributed by atoms with E-state index in [0.29, 0.717) is 51.4 Å². The first-order valence-electron chi connectivity index (χ1n) is 20.7. The molecule has 9 rings (SSSR count). The second-order valence-corrected chi connectivity index (χ2v) is 18.9. The van der Waals surface area contributed by atoms with Crippen molar-refractivity contribution in [3.8, 4) is 52.4 Å². The predicted octanol–water partition coefficient (Wildman–Crippen LogP) is 10.9. The monoisotopic (exact) mass is 1560 g/mol. The Morgan fingerprint density at radius 2 is 1.08 bits per heavy atom. The van der Waals surface area contributed by atoms with Gasteiger partial charge in [-0.3, -0.25) is 15.0 Å². The molecule has 8 heterocycles. The molecule has 0 bridgehead atoms. The van der Waals surface area contributed by atoms with Gasteiger partial charge in [0.2, 0.25) is 11.9 Å². The van der Waals surface area contributed by atoms with Crippen molar-refractivity contribution < 1.29 is 76.2 Å². The van der Waals surface area contributed by atoms with Crippen LogP contribution >= 0.6 is 18.8 Å². The Balaban J connectivity index is 0.000000256. The van der Waals surface area contributed by atoms with Crippen LogP contribution in [0.5, 0.6) is 0 Å². The molecule has 13 nitrogen and oxygen atoms in total. The van der Waals surface area contributed by atoms with Gasteiger partial charge in [0.05, 0.1) is 51.9 Å². The summed E-state index contributed by atoms with van der Waals surface area (Å²) in [6.07, 6.45) is 4.52. The second kappa shape index (κ2) is 27.4. The summed E-state index contributed by atoms with van der Waals surface area (Å²) in [4.78, 5) is 24.9. The Labute approximate surface area is 462 Å². The standard InChI is InChI=1S/C22H16F2N6.C22H14F2N6.C7H5N.2ClH.3Pt/c2*1-22(2,18-7-4-8-20(27-18)30-12-11-14(13-25)29-30)17-6-3-5-16(26-17)15-9-10-19(23)28-21(15)24;8-6-7-4-2-1-3-5-7;;;;;/h3-12H,1-2H3;3-8,10-11H,1-2H3;1-5H;2*1H;;;/q;-2;;;;;2*+2/p-2. The van der Waals surface area contributed by atoms with Gasteiger partial charge < -0.3 is 9.67 Å². The number of hydrogen-bond donors (Lipinski definition) is 0. The Bertz CT molecular complexity index is 3210. The minimum Gasteiger partial charge on any atom is 0 e. The molecular weight excluding hydrogens is 1530 g/mol. The molecule has 8 aromatic heterocycles. The number of pyridine rings is 6. The van der Waals surface area contributed by atoms with Gasteiger partial charge in [0, 0.05) is 49.5 Å². The maximum atomic E-state index is 14.1. The van der Waals surface area contributed by atoms with E-state index in [1.165, 1.54) is 21.5 Å². The topological polar surface area (TPSA) is 184 Å². The van der Waals surface area contributed by atoms with Crippen molar-refractivity contribution in [1.29, 1.82) is 15.8 Å². The van der Waals surface area contributed by atoms with Gasteiger partial charge in [-0.1, -0.05) is 72.4 Å². The van der Waals surface area contributed by atoms with E-state index >= 15 is 0 Å². The van der Waals surface area contributed by atoms with Crippen LogP contribution in [0.2, 0.25) is 0 Å². The summed E-state index contributed by atoms with van der Waals surface area (Å²) in [6, 6.07) is 45.4. The fourth-order valence-electron chi connectivity index (χ4n) is 6.55. The summed E-state index contributed by atoms with van der Waals surface area (Å²) >= 11 is -0.472. The Hall–Kier alpha value is -6.63. The molecule has 0 aliphatic heterocycles. The van der Waals surface area contributed by atoms with E-state index in [-0.39, 0.29) is 59.0 Å². The second-order valence-electron chi connectivity index (χ2n) is 15.7. The van der Waals surface area contributed by atoms with E-state index in [9.17, 15) is 17.6 Å². The van der Waals surface area contributed by atoms with Gasteiger partial charge in [-0.05, 0) is 100 Å². The average Bonchev–Trinajstić information content (AvgIpc) is 4.09. The molecule has 0 amide bonds. The number of halogens is 6. The van der Waals surface area contributed by atoms with Gasteiger partial charge in [0.1, 0.15) is 18.0 Å². The van der Waals surface area contributed by atoms with Crippen LogP contribution in [0.25, 0.3) is 34.2 Å². The van der Waals surface area contributed by atoms with Crippen molar-refractivity contribution in [2.45, 2.75) is 38.5 Å². The van der Waals surface area contributed by atoms with Crippen LogP contribution in [0, 0.1) is 70.0 Å². The first-order chi connectivity index (χ1) is 34.1. The van der Waals surface area contributed by atoms with Crippen LogP contribution in [-0.4, -0.2) is 49.5 Å². The van der Waals surface area contributed by atoms with Gasteiger partial charge >= 0.3 is 56.4 Å². The number of aromatic nitrogens is 10. The zero-order valence-corrected chi connectivity index (χ0v) is 46.6. The molecule has 9 aromatic rings. The Morgan fingerprint density at radius 3 is 1.62 bits per heavy atom. The van der Waals surface area contributed by atoms with Crippen LogP contribution in [0.4, 0.5) is 17.6 Å². The number of nitrogens with zero attached hydrogens (tertiary/aromatic N) is 13. The SMILES string of the molecule is CC(C)(c1cccc(-c2[c-]cc(F)nc2F)n1)c1cccc(-n2[c-]cc(C#N)n2)n1.CC(C)(c1cccc(-c2ccc(F)nc2F)n1)c1cccc(-n2ccc(C#N)n2)n1.N#Cc1ccccc1.[Cl][Pt][Cl].[Pt+2].[Pt]. The summed E-state index contributed by atoms with van der Waals surface area (Å²) in [5, 5.41) is 34.5. The van der Waals surface area contributed by atoms with E-state index in [0.717, 1.165) is 17.8 Å². The minimum atomic E-state index is -0.972. The largest absolute Gasteiger partial charge is 2.00 e. The summed E-state index contributed by atoms with van der Waals surface area (Å²) < 4.78 is 57.4. The maximum Gasteiger partial charge on any atom is 2.00 e. The van der Waals surface area contributed by atoms with Crippen LogP contribution in [0.3, 0.4) is 0 Å². The molecule has 1 aromatic carbocycles. The molecule has 376 valence electrons. The molecule has 0 fully saturated rings. The van der Waals surface area contributed by atoms with Crippen molar-refractivity contribution in [2.24, 2.45) is 0 Å². The van der Waals surface area contributed by atoms with Crippen LogP contribution in [0.15, 0.2) is 140 Å². The maximum absolute atomic E-state index is 14.1. The normalized spacial score (nSPS) is 10.5. The molecule has 0 saturated heterocycles. The first-order valence-corrected chi connectivity index (χ1v) is 26.3. The molecule has 22 heteroatoms. The fourth-order valence-corrected chi connectivity index (χ4v) is 6.55. The van der Waals surface area contributed by atoms with Gasteiger partial charge in [0.25, 0.3) is 0 Å². The average molecular weight is 1560 g/mol. The van der Waals surface area contributed by atoms with Crippen molar-refractivity contribution in [1.82, 2.24) is 49.5 Å². The minimum absolute atomic E-state index is 0. The quantitative estimate of drug-likeness (QED) is 0.0801. The van der Waals surface area contributed by atoms with E-state index in [1.54, 1.807) is 66.9 Å². The molecule has 0 aliphatic rings. The molecule has 0 radical (unpaired) electrons. The van der Waals surface area contributed by atoms with E-state index in [2.05, 4.69) is 52.4 Å². The smallest absolute Gasteiger partial charge is 0 e. The number of benzene rings is 1. The van der Waals surface area contributed by atoms with Crippen LogP contribution in [0.1, 0.15) is 67.4 Å². The van der Waals surface area contributed by atoms with Crippen LogP contribution < -0.4 is 0 Å². The first kappa shape index (κ1) is 58.9. The molecule has 0 spiro atoms. The molecule has 0 saturated carbocycles. The van der Waals surface area contributed by atoms with E-state index in [4.69, 9.17) is 34.6 Å². The molecule has 0 N–H and O–H groups in total. The van der Waals surface area contributed by atoms with Gasteiger partial charge in [-0.15, -0.1) is 12.1 Å². The van der Waals surface area contributed by atoms with Crippen molar-refractivity contribution in [2.75, 3.05) is 0 Å². The molecule has 73 heavy (non-hydrogen) atoms. The fraction of sp³-hybridized carbons (Fsp3) is 0.118. The van der Waals surface area contributed by atoms with Crippen molar-refractivity contribution >= 4 is 18.8 Å². The van der Waals surface area contributed by atoms with Gasteiger partial charge in [-0.2, -0.15) is 29.4 Å². The Morgan fingerprint density at radius 1 is 0.548 bits per heavy atom. The number of hydrogen-bond acceptors (Lipinski definition) is 11.